The molecular weight excluding hydrogens is 392 g/mol. The maximum absolute atomic E-state index is 12.8. The number of carbonyl (C=O) groups is 2. The van der Waals surface area contributed by atoms with Crippen LogP contribution in [-0.2, 0) is 14.3 Å². The van der Waals surface area contributed by atoms with E-state index in [9.17, 15) is 19.8 Å². The minimum Gasteiger partial charge on any atom is -0.458 e. The summed E-state index contributed by atoms with van der Waals surface area (Å²) in [7, 11) is 0. The molecule has 4 rings (SSSR count). The molecule has 0 heterocycles. The van der Waals surface area contributed by atoms with Crippen LogP contribution in [0.25, 0.3) is 0 Å². The number of aliphatic hydroxyl groups excluding tert-OH is 1. The lowest BCUT2D eigenvalue weighted by molar-refractivity contribution is -0.232. The normalized spacial score (nSPS) is 47.0. The molecule has 4 aliphatic rings. The van der Waals surface area contributed by atoms with Crippen LogP contribution in [0.15, 0.2) is 23.3 Å². The highest BCUT2D eigenvalue weighted by Crippen LogP contribution is 2.68. The average molecular weight is 431 g/mol. The molecule has 0 aromatic rings. The van der Waals surface area contributed by atoms with Gasteiger partial charge in [0, 0.05) is 16.9 Å². The van der Waals surface area contributed by atoms with Gasteiger partial charge in [-0.1, -0.05) is 31.6 Å². The van der Waals surface area contributed by atoms with Gasteiger partial charge in [-0.2, -0.15) is 0 Å². The third-order valence-corrected chi connectivity index (χ3v) is 9.82. The standard InChI is InChI=1S/C26H38O5/c1-6-15(2)23(29)31-22-14-21-20(8-7-17-13-18(28)9-11-24(17,21)4)26(30)12-10-19(16(3)27)25(22,26)5/h6-7,18-22,28,30H,8-14H2,1-5H3/t18-,19+,20?,21?,22+,24-,25-,26-/m0/s1. The molecule has 3 fully saturated rings. The maximum atomic E-state index is 12.8. The van der Waals surface area contributed by atoms with Crippen molar-refractivity contribution in [1.29, 1.82) is 0 Å². The second kappa shape index (κ2) is 7.55. The molecule has 5 heteroatoms. The van der Waals surface area contributed by atoms with Gasteiger partial charge in [0.1, 0.15) is 11.9 Å². The Kier molecular flexibility index (Phi) is 5.54. The van der Waals surface area contributed by atoms with E-state index in [0.717, 1.165) is 19.3 Å². The molecule has 0 aromatic heterocycles. The number of carbonyl (C=O) groups excluding carboxylic acids is 2. The number of fused-ring (bicyclic) bond motifs is 5. The zero-order valence-electron chi connectivity index (χ0n) is 19.6. The smallest absolute Gasteiger partial charge is 0.333 e. The summed E-state index contributed by atoms with van der Waals surface area (Å²) in [4.78, 5) is 25.5. The lowest BCUT2D eigenvalue weighted by Gasteiger charge is -2.62. The molecule has 3 saturated carbocycles. The number of esters is 1. The first-order valence-electron chi connectivity index (χ1n) is 11.9. The van der Waals surface area contributed by atoms with E-state index in [4.69, 9.17) is 4.74 Å². The Hall–Kier alpha value is -1.46. The van der Waals surface area contributed by atoms with Crippen LogP contribution in [0, 0.1) is 28.6 Å². The first-order chi connectivity index (χ1) is 14.5. The lowest BCUT2D eigenvalue weighted by Crippen LogP contribution is -2.66. The van der Waals surface area contributed by atoms with Gasteiger partial charge in [0.05, 0.1) is 11.7 Å². The van der Waals surface area contributed by atoms with Gasteiger partial charge in [0.2, 0.25) is 0 Å². The SMILES string of the molecule is CC=C(C)C(=O)O[C@@H]1CC2C(CC=C3C[C@@H](O)CC[C@@]32C)[C@@]2(O)CC[C@H](C(C)=O)[C@@]12C. The number of allylic oxidation sites excluding steroid dienone is 2. The predicted molar refractivity (Wildman–Crippen MR) is 118 cm³/mol. The van der Waals surface area contributed by atoms with Crippen molar-refractivity contribution in [3.8, 4) is 0 Å². The van der Waals surface area contributed by atoms with E-state index in [0.29, 0.717) is 31.3 Å². The molecule has 0 radical (unpaired) electrons. The Labute approximate surface area is 185 Å². The summed E-state index contributed by atoms with van der Waals surface area (Å²) in [5, 5.41) is 22.5. The topological polar surface area (TPSA) is 83.8 Å². The lowest BCUT2D eigenvalue weighted by atomic mass is 9.45. The van der Waals surface area contributed by atoms with E-state index >= 15 is 0 Å². The minimum atomic E-state index is -1.05. The van der Waals surface area contributed by atoms with Gasteiger partial charge in [-0.3, -0.25) is 4.79 Å². The van der Waals surface area contributed by atoms with Gasteiger partial charge < -0.3 is 14.9 Å². The first-order valence-corrected chi connectivity index (χ1v) is 11.9. The number of ketones is 1. The highest BCUT2D eigenvalue weighted by molar-refractivity contribution is 5.88. The number of aliphatic hydroxyl groups is 2. The van der Waals surface area contributed by atoms with Crippen LogP contribution in [0.2, 0.25) is 0 Å². The number of hydrogen-bond donors (Lipinski definition) is 2. The number of Topliss-reactive ketones (excluding diaryl/α,β-unsaturated/α-hetero) is 1. The van der Waals surface area contributed by atoms with Crippen LogP contribution < -0.4 is 0 Å². The molecule has 4 aliphatic carbocycles. The van der Waals surface area contributed by atoms with Gasteiger partial charge in [-0.25, -0.2) is 4.79 Å². The zero-order chi connectivity index (χ0) is 22.8. The van der Waals surface area contributed by atoms with Crippen molar-refractivity contribution in [2.75, 3.05) is 0 Å². The van der Waals surface area contributed by atoms with Crippen molar-refractivity contribution < 1.29 is 24.5 Å². The van der Waals surface area contributed by atoms with Crippen molar-refractivity contribution in [3.63, 3.8) is 0 Å². The highest BCUT2D eigenvalue weighted by Gasteiger charge is 2.71. The number of ether oxygens (including phenoxy) is 1. The van der Waals surface area contributed by atoms with Gasteiger partial charge in [-0.05, 0) is 83.0 Å². The van der Waals surface area contributed by atoms with E-state index in [1.165, 1.54) is 5.57 Å². The van der Waals surface area contributed by atoms with Crippen LogP contribution in [0.4, 0.5) is 0 Å². The molecule has 172 valence electrons. The second-order valence-corrected chi connectivity index (χ2v) is 11.0. The molecule has 0 saturated heterocycles. The minimum absolute atomic E-state index is 0.0311. The quantitative estimate of drug-likeness (QED) is 0.400. The van der Waals surface area contributed by atoms with E-state index < -0.39 is 17.1 Å². The van der Waals surface area contributed by atoms with Gasteiger partial charge in [0.25, 0.3) is 0 Å². The summed E-state index contributed by atoms with van der Waals surface area (Å²) >= 11 is 0. The Bertz CT molecular complexity index is 843. The summed E-state index contributed by atoms with van der Waals surface area (Å²) in [6.07, 6.45) is 8.10. The molecule has 2 unspecified atom stereocenters. The van der Waals surface area contributed by atoms with Gasteiger partial charge >= 0.3 is 5.97 Å². The molecule has 2 N–H and O–H groups in total. The molecule has 31 heavy (non-hydrogen) atoms. The van der Waals surface area contributed by atoms with Crippen molar-refractivity contribution >= 4 is 11.8 Å². The third kappa shape index (κ3) is 3.10. The fraction of sp³-hybridized carbons (Fsp3) is 0.769. The Morgan fingerprint density at radius 1 is 1.16 bits per heavy atom. The summed E-state index contributed by atoms with van der Waals surface area (Å²) in [6, 6.07) is 0. The fourth-order valence-electron chi connectivity index (χ4n) is 7.72. The van der Waals surface area contributed by atoms with Crippen LogP contribution in [0.5, 0.6) is 0 Å². The summed E-state index contributed by atoms with van der Waals surface area (Å²) in [5.41, 5.74) is -0.131. The fourth-order valence-corrected chi connectivity index (χ4v) is 7.72. The van der Waals surface area contributed by atoms with Crippen molar-refractivity contribution in [2.45, 2.75) is 97.4 Å². The van der Waals surface area contributed by atoms with Crippen LogP contribution >= 0.6 is 0 Å². The molecule has 0 amide bonds. The van der Waals surface area contributed by atoms with Crippen molar-refractivity contribution in [2.24, 2.45) is 28.6 Å². The first kappa shape index (κ1) is 22.7. The summed E-state index contributed by atoms with van der Waals surface area (Å²) in [5.74, 6) is -0.413. The number of hydrogen-bond acceptors (Lipinski definition) is 5. The molecule has 5 nitrogen and oxygen atoms in total. The molecule has 0 aliphatic heterocycles. The summed E-state index contributed by atoms with van der Waals surface area (Å²) in [6.45, 7) is 9.40. The van der Waals surface area contributed by atoms with Gasteiger partial charge in [0.15, 0.2) is 0 Å². The zero-order valence-corrected chi connectivity index (χ0v) is 19.6. The van der Waals surface area contributed by atoms with Gasteiger partial charge in [-0.15, -0.1) is 0 Å². The molecule has 0 bridgehead atoms. The monoisotopic (exact) mass is 430 g/mol. The van der Waals surface area contributed by atoms with E-state index in [1.807, 2.05) is 13.8 Å². The van der Waals surface area contributed by atoms with E-state index in [1.54, 1.807) is 19.9 Å². The Morgan fingerprint density at radius 2 is 1.87 bits per heavy atom. The van der Waals surface area contributed by atoms with E-state index in [-0.39, 0.29) is 41.0 Å². The molecule has 8 atom stereocenters. The summed E-state index contributed by atoms with van der Waals surface area (Å²) < 4.78 is 6.11. The Balaban J connectivity index is 1.79. The Morgan fingerprint density at radius 3 is 2.52 bits per heavy atom. The third-order valence-electron chi connectivity index (χ3n) is 9.82. The van der Waals surface area contributed by atoms with Crippen LogP contribution in [-0.4, -0.2) is 39.8 Å². The highest BCUT2D eigenvalue weighted by atomic mass is 16.5. The molecule has 0 aromatic carbocycles. The van der Waals surface area contributed by atoms with E-state index in [2.05, 4.69) is 13.0 Å². The van der Waals surface area contributed by atoms with Crippen LogP contribution in [0.3, 0.4) is 0 Å². The predicted octanol–water partition coefficient (Wildman–Crippen LogP) is 4.12. The van der Waals surface area contributed by atoms with Crippen LogP contribution in [0.1, 0.15) is 79.6 Å². The number of rotatable bonds is 3. The molecule has 0 spiro atoms. The average Bonchev–Trinajstić information content (AvgIpc) is 3.01. The van der Waals surface area contributed by atoms with Crippen molar-refractivity contribution in [3.05, 3.63) is 23.3 Å². The largest absolute Gasteiger partial charge is 0.458 e. The maximum Gasteiger partial charge on any atom is 0.333 e. The molecular formula is C26H38O5. The van der Waals surface area contributed by atoms with Crippen molar-refractivity contribution in [1.82, 2.24) is 0 Å². The second-order valence-electron chi connectivity index (χ2n) is 11.0.